The molecule has 2 amide bonds. The minimum atomic E-state index is -0.265. The van der Waals surface area contributed by atoms with Gasteiger partial charge in [0.25, 0.3) is 11.8 Å². The largest absolute Gasteiger partial charge is 0.494 e. The van der Waals surface area contributed by atoms with Crippen LogP contribution in [0.4, 0.5) is 10.8 Å². The lowest BCUT2D eigenvalue weighted by Gasteiger charge is -2.07. The van der Waals surface area contributed by atoms with Crippen molar-refractivity contribution in [3.05, 3.63) is 77.9 Å². The number of benzene rings is 3. The number of ether oxygens (including phenoxy) is 2. The molecule has 4 aromatic rings. The summed E-state index contributed by atoms with van der Waals surface area (Å²) in [5, 5.41) is 6.21. The fraction of sp³-hybridized carbons (Fsp3) is 0.160. The van der Waals surface area contributed by atoms with Crippen molar-refractivity contribution in [3.8, 4) is 11.5 Å². The zero-order valence-electron chi connectivity index (χ0n) is 18.3. The molecule has 7 nitrogen and oxygen atoms in total. The molecule has 0 unspecified atom stereocenters. The molecule has 0 fully saturated rings. The molecule has 0 saturated heterocycles. The van der Waals surface area contributed by atoms with Gasteiger partial charge in [-0.2, -0.15) is 0 Å². The molecule has 1 heterocycles. The Hall–Kier alpha value is -3.91. The van der Waals surface area contributed by atoms with Crippen molar-refractivity contribution in [2.75, 3.05) is 23.8 Å². The van der Waals surface area contributed by atoms with Crippen LogP contribution >= 0.6 is 11.3 Å². The molecule has 0 radical (unpaired) electrons. The van der Waals surface area contributed by atoms with E-state index in [4.69, 9.17) is 9.47 Å². The van der Waals surface area contributed by atoms with Crippen LogP contribution in [0.5, 0.6) is 11.5 Å². The Morgan fingerprint density at radius 3 is 2.03 bits per heavy atom. The zero-order chi connectivity index (χ0) is 23.2. The van der Waals surface area contributed by atoms with Gasteiger partial charge < -0.3 is 14.8 Å². The number of hydrogen-bond donors (Lipinski definition) is 2. The molecule has 0 spiro atoms. The van der Waals surface area contributed by atoms with Crippen LogP contribution in [0.3, 0.4) is 0 Å². The Kier molecular flexibility index (Phi) is 6.85. The average Bonchev–Trinajstić information content (AvgIpc) is 3.21. The molecule has 168 valence electrons. The summed E-state index contributed by atoms with van der Waals surface area (Å²) >= 11 is 1.34. The van der Waals surface area contributed by atoms with E-state index >= 15 is 0 Å². The molecule has 0 saturated carbocycles. The summed E-state index contributed by atoms with van der Waals surface area (Å²) in [7, 11) is 0. The molecular formula is C25H23N3O4S. The number of amides is 2. The third kappa shape index (κ3) is 5.48. The van der Waals surface area contributed by atoms with E-state index in [1.54, 1.807) is 48.5 Å². The fourth-order valence-electron chi connectivity index (χ4n) is 3.22. The third-order valence-corrected chi connectivity index (χ3v) is 5.61. The van der Waals surface area contributed by atoms with E-state index < -0.39 is 0 Å². The number of nitrogens with one attached hydrogen (secondary N) is 2. The molecule has 0 aliphatic heterocycles. The Morgan fingerprint density at radius 1 is 0.818 bits per heavy atom. The minimum Gasteiger partial charge on any atom is -0.494 e. The topological polar surface area (TPSA) is 89.5 Å². The number of carbonyl (C=O) groups excluding carboxylic acids is 2. The first-order valence-corrected chi connectivity index (χ1v) is 11.4. The van der Waals surface area contributed by atoms with Gasteiger partial charge in [-0.05, 0) is 68.4 Å². The summed E-state index contributed by atoms with van der Waals surface area (Å²) in [5.74, 6) is 0.790. The van der Waals surface area contributed by atoms with Gasteiger partial charge in [0, 0.05) is 16.8 Å². The third-order valence-electron chi connectivity index (χ3n) is 4.68. The predicted octanol–water partition coefficient (Wildman–Crippen LogP) is 5.60. The second-order valence-electron chi connectivity index (χ2n) is 7.03. The Balaban J connectivity index is 1.47. The van der Waals surface area contributed by atoms with E-state index in [2.05, 4.69) is 15.6 Å². The van der Waals surface area contributed by atoms with E-state index in [1.165, 1.54) is 11.3 Å². The van der Waals surface area contributed by atoms with Crippen LogP contribution in [0.15, 0.2) is 66.7 Å². The van der Waals surface area contributed by atoms with Crippen LogP contribution in [0, 0.1) is 0 Å². The summed E-state index contributed by atoms with van der Waals surface area (Å²) in [4.78, 5) is 29.7. The summed E-state index contributed by atoms with van der Waals surface area (Å²) < 4.78 is 11.8. The van der Waals surface area contributed by atoms with E-state index in [0.29, 0.717) is 46.7 Å². The summed E-state index contributed by atoms with van der Waals surface area (Å²) in [6.45, 7) is 4.85. The molecule has 0 bridgehead atoms. The first-order chi connectivity index (χ1) is 16.1. The van der Waals surface area contributed by atoms with Crippen molar-refractivity contribution in [1.29, 1.82) is 0 Å². The Morgan fingerprint density at radius 2 is 1.42 bits per heavy atom. The van der Waals surface area contributed by atoms with Crippen molar-refractivity contribution < 1.29 is 19.1 Å². The summed E-state index contributed by atoms with van der Waals surface area (Å²) in [6, 6.07) is 19.5. The first kappa shape index (κ1) is 22.3. The quantitative estimate of drug-likeness (QED) is 0.357. The van der Waals surface area contributed by atoms with Gasteiger partial charge in [-0.3, -0.25) is 14.9 Å². The average molecular weight is 462 g/mol. The maximum atomic E-state index is 12.6. The molecule has 4 rings (SSSR count). The van der Waals surface area contributed by atoms with Gasteiger partial charge in [0.1, 0.15) is 11.5 Å². The van der Waals surface area contributed by atoms with Gasteiger partial charge >= 0.3 is 0 Å². The molecule has 2 N–H and O–H groups in total. The molecule has 3 aromatic carbocycles. The molecule has 1 aromatic heterocycles. The maximum absolute atomic E-state index is 12.6. The van der Waals surface area contributed by atoms with Crippen molar-refractivity contribution in [3.63, 3.8) is 0 Å². The number of fused-ring (bicyclic) bond motifs is 1. The highest BCUT2D eigenvalue weighted by atomic mass is 32.1. The normalized spacial score (nSPS) is 10.6. The van der Waals surface area contributed by atoms with Gasteiger partial charge in [0.2, 0.25) is 0 Å². The van der Waals surface area contributed by atoms with Gasteiger partial charge in [-0.1, -0.05) is 23.5 Å². The highest BCUT2D eigenvalue weighted by Gasteiger charge is 2.13. The monoisotopic (exact) mass is 461 g/mol. The summed E-state index contributed by atoms with van der Waals surface area (Å²) in [5.41, 5.74) is 2.37. The first-order valence-electron chi connectivity index (χ1n) is 10.5. The Bertz CT molecular complexity index is 1240. The van der Waals surface area contributed by atoms with E-state index in [1.807, 2.05) is 32.0 Å². The van der Waals surface area contributed by atoms with Crippen LogP contribution in [0.2, 0.25) is 0 Å². The predicted molar refractivity (Wildman–Crippen MR) is 131 cm³/mol. The fourth-order valence-corrected chi connectivity index (χ4v) is 4.12. The number of rotatable bonds is 8. The van der Waals surface area contributed by atoms with Crippen molar-refractivity contribution in [2.45, 2.75) is 13.8 Å². The number of hydrogen-bond acceptors (Lipinski definition) is 6. The standard InChI is InChI=1S/C25H23N3O4S/c1-3-31-19-9-5-7-16(13-19)23(29)26-18-11-12-21-22(15-18)33-25(27-21)28-24(30)17-8-6-10-20(14-17)32-4-2/h5-15H,3-4H2,1-2H3,(H,26,29)(H,27,28,30). The van der Waals surface area contributed by atoms with Gasteiger partial charge in [0.15, 0.2) is 5.13 Å². The number of anilines is 2. The van der Waals surface area contributed by atoms with Gasteiger partial charge in [-0.15, -0.1) is 0 Å². The lowest BCUT2D eigenvalue weighted by atomic mass is 10.2. The number of carbonyl (C=O) groups is 2. The molecule has 33 heavy (non-hydrogen) atoms. The lowest BCUT2D eigenvalue weighted by molar-refractivity contribution is 0.101. The maximum Gasteiger partial charge on any atom is 0.257 e. The van der Waals surface area contributed by atoms with Gasteiger partial charge in [-0.25, -0.2) is 4.98 Å². The number of aromatic nitrogens is 1. The highest BCUT2D eigenvalue weighted by molar-refractivity contribution is 7.22. The van der Waals surface area contributed by atoms with Gasteiger partial charge in [0.05, 0.1) is 23.4 Å². The van der Waals surface area contributed by atoms with Crippen LogP contribution in [0.25, 0.3) is 10.2 Å². The van der Waals surface area contributed by atoms with Crippen molar-refractivity contribution in [2.24, 2.45) is 0 Å². The van der Waals surface area contributed by atoms with Crippen LogP contribution in [0.1, 0.15) is 34.6 Å². The SMILES string of the molecule is CCOc1cccc(C(=O)Nc2ccc3nc(NC(=O)c4cccc(OCC)c4)sc3c2)c1. The second-order valence-corrected chi connectivity index (χ2v) is 8.06. The molecule has 8 heteroatoms. The van der Waals surface area contributed by atoms with Crippen molar-refractivity contribution in [1.82, 2.24) is 4.98 Å². The van der Waals surface area contributed by atoms with E-state index in [-0.39, 0.29) is 11.8 Å². The zero-order valence-corrected chi connectivity index (χ0v) is 19.1. The highest BCUT2D eigenvalue weighted by Crippen LogP contribution is 2.29. The van der Waals surface area contributed by atoms with E-state index in [0.717, 1.165) is 10.2 Å². The van der Waals surface area contributed by atoms with Crippen LogP contribution in [-0.2, 0) is 0 Å². The van der Waals surface area contributed by atoms with Crippen LogP contribution < -0.4 is 20.1 Å². The molecular weight excluding hydrogens is 438 g/mol. The molecule has 0 aliphatic rings. The number of nitrogens with zero attached hydrogens (tertiary/aromatic N) is 1. The summed E-state index contributed by atoms with van der Waals surface area (Å²) in [6.07, 6.45) is 0. The minimum absolute atomic E-state index is 0.233. The molecule has 0 aliphatic carbocycles. The smallest absolute Gasteiger partial charge is 0.257 e. The van der Waals surface area contributed by atoms with Crippen LogP contribution in [-0.4, -0.2) is 30.0 Å². The lowest BCUT2D eigenvalue weighted by Crippen LogP contribution is -2.11. The van der Waals surface area contributed by atoms with Crippen molar-refractivity contribution >= 4 is 44.2 Å². The second kappa shape index (κ2) is 10.1. The molecule has 0 atom stereocenters. The Labute approximate surface area is 195 Å². The number of thiazole rings is 1. The van der Waals surface area contributed by atoms with E-state index in [9.17, 15) is 9.59 Å².